The number of epoxide rings is 1. The summed E-state index contributed by atoms with van der Waals surface area (Å²) >= 11 is 0. The molecule has 4 aliphatic rings. The highest BCUT2D eigenvalue weighted by molar-refractivity contribution is 5.93. The molecule has 30 heavy (non-hydrogen) atoms. The van der Waals surface area contributed by atoms with Crippen molar-refractivity contribution in [2.24, 2.45) is 11.3 Å². The first-order valence-corrected chi connectivity index (χ1v) is 10.3. The first-order valence-electron chi connectivity index (χ1n) is 10.3. The fourth-order valence-corrected chi connectivity index (χ4v) is 5.66. The minimum absolute atomic E-state index is 0.0490. The second kappa shape index (κ2) is 6.40. The summed E-state index contributed by atoms with van der Waals surface area (Å²) in [6.07, 6.45) is 0.415. The zero-order chi connectivity index (χ0) is 22.2. The van der Waals surface area contributed by atoms with Gasteiger partial charge in [-0.2, -0.15) is 0 Å². The average Bonchev–Trinajstić information content (AvgIpc) is 3.30. The van der Waals surface area contributed by atoms with Crippen LogP contribution in [0.2, 0.25) is 0 Å². The van der Waals surface area contributed by atoms with Gasteiger partial charge in [0.25, 0.3) is 0 Å². The Kier molecular flexibility index (Phi) is 4.50. The largest absolute Gasteiger partial charge is 0.462 e. The van der Waals surface area contributed by atoms with Gasteiger partial charge in [-0.05, 0) is 20.8 Å². The SMILES string of the molecule is CC=C(C)C(=O)OC1C2=C(C)C(=O)OC2(O)CC23OC2CC(OC(C)=O)C(C)C13C. The summed E-state index contributed by atoms with van der Waals surface area (Å²) in [6.45, 7) is 10.1. The Morgan fingerprint density at radius 1 is 1.27 bits per heavy atom. The van der Waals surface area contributed by atoms with Gasteiger partial charge in [0.1, 0.15) is 17.8 Å². The predicted octanol–water partition coefficient (Wildman–Crippen LogP) is 1.95. The van der Waals surface area contributed by atoms with Gasteiger partial charge in [0.15, 0.2) is 0 Å². The van der Waals surface area contributed by atoms with Crippen molar-refractivity contribution in [1.29, 1.82) is 0 Å². The van der Waals surface area contributed by atoms with E-state index < -0.39 is 46.9 Å². The Balaban J connectivity index is 1.86. The third-order valence-electron chi connectivity index (χ3n) is 7.68. The lowest BCUT2D eigenvalue weighted by atomic mass is 9.51. The van der Waals surface area contributed by atoms with E-state index in [9.17, 15) is 19.5 Å². The molecule has 1 N–H and O–H groups in total. The number of allylic oxidation sites excluding steroid dienone is 1. The quantitative estimate of drug-likeness (QED) is 0.319. The molecule has 0 aromatic rings. The molecule has 0 radical (unpaired) electrons. The molecule has 4 rings (SSSR count). The number of carbonyl (C=O) groups excluding carboxylic acids is 3. The summed E-state index contributed by atoms with van der Waals surface area (Å²) in [5, 5.41) is 11.3. The standard InChI is InChI=1S/C22H28O8/c1-7-10(2)18(24)28-17-16-11(3)19(25)30-22(16,26)9-21-15(29-21)8-14(27-13(5)23)12(4)20(17,21)6/h7,12,14-15,17,26H,8-9H2,1-6H3. The molecule has 8 heteroatoms. The lowest BCUT2D eigenvalue weighted by Gasteiger charge is -2.55. The van der Waals surface area contributed by atoms with Gasteiger partial charge in [0.05, 0.1) is 11.7 Å². The van der Waals surface area contributed by atoms with E-state index in [2.05, 4.69) is 0 Å². The second-order valence-electron chi connectivity index (χ2n) is 9.10. The predicted molar refractivity (Wildman–Crippen MR) is 103 cm³/mol. The number of ether oxygens (including phenoxy) is 4. The van der Waals surface area contributed by atoms with Crippen molar-refractivity contribution in [2.75, 3.05) is 0 Å². The Hall–Kier alpha value is -2.19. The normalized spacial score (nSPS) is 44.5. The molecule has 0 amide bonds. The van der Waals surface area contributed by atoms with E-state index in [1.165, 1.54) is 6.92 Å². The van der Waals surface area contributed by atoms with Crippen LogP contribution in [-0.4, -0.2) is 52.7 Å². The number of hydrogen-bond acceptors (Lipinski definition) is 8. The zero-order valence-corrected chi connectivity index (χ0v) is 18.1. The monoisotopic (exact) mass is 420 g/mol. The third-order valence-corrected chi connectivity index (χ3v) is 7.68. The molecule has 1 saturated heterocycles. The summed E-state index contributed by atoms with van der Waals surface area (Å²) in [5.74, 6) is -3.76. The van der Waals surface area contributed by atoms with Crippen LogP contribution in [-0.2, 0) is 33.3 Å². The highest BCUT2D eigenvalue weighted by Gasteiger charge is 2.82. The van der Waals surface area contributed by atoms with Gasteiger partial charge < -0.3 is 24.1 Å². The Labute approximate surface area is 175 Å². The lowest BCUT2D eigenvalue weighted by Crippen LogP contribution is -2.66. The number of aliphatic hydroxyl groups is 1. The molecular formula is C22H28O8. The topological polar surface area (TPSA) is 112 Å². The van der Waals surface area contributed by atoms with E-state index in [-0.39, 0.29) is 29.6 Å². The van der Waals surface area contributed by atoms with Crippen LogP contribution >= 0.6 is 0 Å². The van der Waals surface area contributed by atoms with Crippen LogP contribution in [0.25, 0.3) is 0 Å². The second-order valence-corrected chi connectivity index (χ2v) is 9.10. The van der Waals surface area contributed by atoms with E-state index in [4.69, 9.17) is 18.9 Å². The van der Waals surface area contributed by atoms with Crippen molar-refractivity contribution in [2.45, 2.75) is 84.1 Å². The van der Waals surface area contributed by atoms with Gasteiger partial charge in [0.2, 0.25) is 5.79 Å². The van der Waals surface area contributed by atoms with Crippen molar-refractivity contribution in [1.82, 2.24) is 0 Å². The molecule has 1 spiro atoms. The van der Waals surface area contributed by atoms with E-state index in [1.807, 2.05) is 13.8 Å². The fraction of sp³-hybridized carbons (Fsp3) is 0.682. The molecule has 2 aliphatic heterocycles. The van der Waals surface area contributed by atoms with E-state index in [1.54, 1.807) is 26.8 Å². The maximum Gasteiger partial charge on any atom is 0.336 e. The maximum absolute atomic E-state index is 12.8. The lowest BCUT2D eigenvalue weighted by molar-refractivity contribution is -0.232. The molecule has 7 unspecified atom stereocenters. The summed E-state index contributed by atoms with van der Waals surface area (Å²) in [5.41, 5.74) is -0.832. The van der Waals surface area contributed by atoms with E-state index in [0.717, 1.165) is 0 Å². The molecule has 3 fully saturated rings. The van der Waals surface area contributed by atoms with E-state index >= 15 is 0 Å². The Morgan fingerprint density at radius 2 is 1.93 bits per heavy atom. The van der Waals surface area contributed by atoms with Crippen molar-refractivity contribution >= 4 is 17.9 Å². The van der Waals surface area contributed by atoms with Crippen LogP contribution in [0.3, 0.4) is 0 Å². The minimum atomic E-state index is -1.89. The highest BCUT2D eigenvalue weighted by Crippen LogP contribution is 2.71. The molecule has 7 atom stereocenters. The molecule has 164 valence electrons. The highest BCUT2D eigenvalue weighted by atomic mass is 16.7. The fourth-order valence-electron chi connectivity index (χ4n) is 5.66. The summed E-state index contributed by atoms with van der Waals surface area (Å²) < 4.78 is 23.0. The molecule has 8 nitrogen and oxygen atoms in total. The first kappa shape index (κ1) is 21.1. The number of carbonyl (C=O) groups is 3. The van der Waals surface area contributed by atoms with Crippen molar-refractivity contribution < 1.29 is 38.4 Å². The zero-order valence-electron chi connectivity index (χ0n) is 18.1. The number of hydrogen-bond donors (Lipinski definition) is 1. The van der Waals surface area contributed by atoms with Crippen molar-refractivity contribution in [3.63, 3.8) is 0 Å². The van der Waals surface area contributed by atoms with Crippen LogP contribution in [0.15, 0.2) is 22.8 Å². The average molecular weight is 420 g/mol. The third kappa shape index (κ3) is 2.56. The molecule has 0 aromatic carbocycles. The smallest absolute Gasteiger partial charge is 0.336 e. The van der Waals surface area contributed by atoms with Crippen LogP contribution in [0, 0.1) is 11.3 Å². The summed E-state index contributed by atoms with van der Waals surface area (Å²) in [7, 11) is 0. The Morgan fingerprint density at radius 3 is 2.53 bits per heavy atom. The minimum Gasteiger partial charge on any atom is -0.462 e. The molecule has 2 heterocycles. The Bertz CT molecular complexity index is 903. The van der Waals surface area contributed by atoms with Gasteiger partial charge in [0, 0.05) is 42.2 Å². The maximum atomic E-state index is 12.8. The van der Waals surface area contributed by atoms with Crippen LogP contribution in [0.4, 0.5) is 0 Å². The molecule has 2 saturated carbocycles. The summed E-state index contributed by atoms with van der Waals surface area (Å²) in [6, 6.07) is 0. The van der Waals surface area contributed by atoms with Gasteiger partial charge in [-0.25, -0.2) is 9.59 Å². The van der Waals surface area contributed by atoms with Crippen molar-refractivity contribution in [3.8, 4) is 0 Å². The summed E-state index contributed by atoms with van der Waals surface area (Å²) in [4.78, 5) is 36.8. The molecule has 0 bridgehead atoms. The van der Waals surface area contributed by atoms with Crippen LogP contribution in [0.1, 0.15) is 54.4 Å². The van der Waals surface area contributed by atoms with Gasteiger partial charge >= 0.3 is 17.9 Å². The molecule has 2 aliphatic carbocycles. The van der Waals surface area contributed by atoms with Crippen molar-refractivity contribution in [3.05, 3.63) is 22.8 Å². The number of esters is 3. The van der Waals surface area contributed by atoms with E-state index in [0.29, 0.717) is 12.0 Å². The van der Waals surface area contributed by atoms with Gasteiger partial charge in [-0.15, -0.1) is 0 Å². The molecular weight excluding hydrogens is 392 g/mol. The van der Waals surface area contributed by atoms with Crippen LogP contribution < -0.4 is 0 Å². The van der Waals surface area contributed by atoms with Gasteiger partial charge in [-0.3, -0.25) is 4.79 Å². The first-order chi connectivity index (χ1) is 13.9. The van der Waals surface area contributed by atoms with Crippen LogP contribution in [0.5, 0.6) is 0 Å². The van der Waals surface area contributed by atoms with Gasteiger partial charge in [-0.1, -0.05) is 19.9 Å². The molecule has 0 aromatic heterocycles. The number of fused-ring (bicyclic) bond motifs is 1. The number of rotatable bonds is 3.